The molecule has 26 heavy (non-hydrogen) atoms. The van der Waals surface area contributed by atoms with Gasteiger partial charge in [0.2, 0.25) is 0 Å². The zero-order valence-electron chi connectivity index (χ0n) is 16.8. The molecule has 2 aromatic carbocycles. The summed E-state index contributed by atoms with van der Waals surface area (Å²) in [4.78, 5) is 0. The highest BCUT2D eigenvalue weighted by atomic mass is 16.5. The first-order valence-electron chi connectivity index (χ1n) is 9.68. The maximum Gasteiger partial charge on any atom is 0.121 e. The summed E-state index contributed by atoms with van der Waals surface area (Å²) in [5.41, 5.74) is 2.61. The lowest BCUT2D eigenvalue weighted by Gasteiger charge is -2.23. The third-order valence-corrected chi connectivity index (χ3v) is 4.97. The Morgan fingerprint density at radius 1 is 1.00 bits per heavy atom. The molecule has 0 aromatic heterocycles. The zero-order chi connectivity index (χ0) is 19.0. The Morgan fingerprint density at radius 3 is 2.38 bits per heavy atom. The first-order chi connectivity index (χ1) is 12.4. The SMILES string of the molecule is CCC(C)Oc1cccc(NCCOc2ccc(C(C)(C)CC)cc2)c1. The van der Waals surface area contributed by atoms with E-state index in [1.54, 1.807) is 0 Å². The fraction of sp³-hybridized carbons (Fsp3) is 0.478. The van der Waals surface area contributed by atoms with E-state index in [4.69, 9.17) is 9.47 Å². The Bertz CT molecular complexity index is 664. The molecule has 1 atom stereocenters. The van der Waals surface area contributed by atoms with Gasteiger partial charge in [-0.3, -0.25) is 0 Å². The minimum Gasteiger partial charge on any atom is -0.492 e. The molecule has 0 radical (unpaired) electrons. The van der Waals surface area contributed by atoms with Crippen LogP contribution in [0.1, 0.15) is 53.0 Å². The summed E-state index contributed by atoms with van der Waals surface area (Å²) >= 11 is 0. The molecule has 3 nitrogen and oxygen atoms in total. The molecule has 0 aliphatic rings. The molecule has 1 N–H and O–H groups in total. The van der Waals surface area contributed by atoms with Gasteiger partial charge in [0.25, 0.3) is 0 Å². The first-order valence-corrected chi connectivity index (χ1v) is 9.68. The molecule has 0 fully saturated rings. The van der Waals surface area contributed by atoms with Gasteiger partial charge < -0.3 is 14.8 Å². The number of hydrogen-bond acceptors (Lipinski definition) is 3. The maximum atomic E-state index is 5.86. The van der Waals surface area contributed by atoms with Crippen LogP contribution in [0.5, 0.6) is 11.5 Å². The molecule has 3 heteroatoms. The molecule has 0 aliphatic carbocycles. The van der Waals surface area contributed by atoms with Gasteiger partial charge in [-0.25, -0.2) is 0 Å². The van der Waals surface area contributed by atoms with Crippen LogP contribution in [0, 0.1) is 0 Å². The summed E-state index contributed by atoms with van der Waals surface area (Å²) < 4.78 is 11.7. The maximum absolute atomic E-state index is 5.86. The van der Waals surface area contributed by atoms with E-state index in [-0.39, 0.29) is 11.5 Å². The highest BCUT2D eigenvalue weighted by Crippen LogP contribution is 2.28. The van der Waals surface area contributed by atoms with Crippen LogP contribution in [0.25, 0.3) is 0 Å². The lowest BCUT2D eigenvalue weighted by molar-refractivity contribution is 0.217. The van der Waals surface area contributed by atoms with Gasteiger partial charge in [-0.05, 0) is 55.0 Å². The molecular formula is C23H33NO2. The van der Waals surface area contributed by atoms with Crippen molar-refractivity contribution >= 4 is 5.69 Å². The van der Waals surface area contributed by atoms with Gasteiger partial charge >= 0.3 is 0 Å². The molecule has 0 heterocycles. The van der Waals surface area contributed by atoms with Crippen LogP contribution in [0.4, 0.5) is 5.69 Å². The van der Waals surface area contributed by atoms with Crippen LogP contribution >= 0.6 is 0 Å². The molecule has 142 valence electrons. The fourth-order valence-electron chi connectivity index (χ4n) is 2.57. The second-order valence-electron chi connectivity index (χ2n) is 7.40. The quantitative estimate of drug-likeness (QED) is 0.527. The van der Waals surface area contributed by atoms with E-state index in [0.29, 0.717) is 6.61 Å². The van der Waals surface area contributed by atoms with Crippen molar-refractivity contribution in [1.29, 1.82) is 0 Å². The predicted molar refractivity (Wildman–Crippen MR) is 111 cm³/mol. The zero-order valence-corrected chi connectivity index (χ0v) is 16.8. The first kappa shape index (κ1) is 20.2. The Kier molecular flexibility index (Phi) is 7.38. The number of rotatable bonds is 10. The summed E-state index contributed by atoms with van der Waals surface area (Å²) in [5.74, 6) is 1.82. The Balaban J connectivity index is 1.79. The predicted octanol–water partition coefficient (Wildman–Crippen LogP) is 6.04. The van der Waals surface area contributed by atoms with Crippen LogP contribution in [0.3, 0.4) is 0 Å². The van der Waals surface area contributed by atoms with Gasteiger partial charge in [-0.1, -0.05) is 45.9 Å². The van der Waals surface area contributed by atoms with E-state index in [1.807, 2.05) is 24.3 Å². The summed E-state index contributed by atoms with van der Waals surface area (Å²) in [5, 5.41) is 3.39. The van der Waals surface area contributed by atoms with Gasteiger partial charge in [0.15, 0.2) is 0 Å². The van der Waals surface area contributed by atoms with Gasteiger partial charge in [0.1, 0.15) is 18.1 Å². The lowest BCUT2D eigenvalue weighted by Crippen LogP contribution is -2.15. The number of hydrogen-bond donors (Lipinski definition) is 1. The van der Waals surface area contributed by atoms with Crippen molar-refractivity contribution in [1.82, 2.24) is 0 Å². The molecule has 0 saturated carbocycles. The average Bonchev–Trinajstić information content (AvgIpc) is 2.66. The van der Waals surface area contributed by atoms with Gasteiger partial charge in [0, 0.05) is 18.3 Å². The van der Waals surface area contributed by atoms with Crippen molar-refractivity contribution < 1.29 is 9.47 Å². The van der Waals surface area contributed by atoms with Crippen molar-refractivity contribution in [2.75, 3.05) is 18.5 Å². The van der Waals surface area contributed by atoms with E-state index < -0.39 is 0 Å². The van der Waals surface area contributed by atoms with Crippen LogP contribution in [-0.4, -0.2) is 19.3 Å². The summed E-state index contributed by atoms with van der Waals surface area (Å²) in [7, 11) is 0. The van der Waals surface area contributed by atoms with E-state index in [0.717, 1.165) is 36.6 Å². The topological polar surface area (TPSA) is 30.5 Å². The monoisotopic (exact) mass is 355 g/mol. The number of anilines is 1. The van der Waals surface area contributed by atoms with Crippen molar-refractivity contribution in [3.8, 4) is 11.5 Å². The molecular weight excluding hydrogens is 322 g/mol. The largest absolute Gasteiger partial charge is 0.492 e. The second-order valence-corrected chi connectivity index (χ2v) is 7.40. The molecule has 0 saturated heterocycles. The van der Waals surface area contributed by atoms with Crippen molar-refractivity contribution in [3.05, 3.63) is 54.1 Å². The summed E-state index contributed by atoms with van der Waals surface area (Å²) in [6, 6.07) is 16.5. The van der Waals surface area contributed by atoms with Crippen molar-refractivity contribution in [3.63, 3.8) is 0 Å². The highest BCUT2D eigenvalue weighted by molar-refractivity contribution is 5.48. The van der Waals surface area contributed by atoms with Crippen LogP contribution in [0.2, 0.25) is 0 Å². The lowest BCUT2D eigenvalue weighted by atomic mass is 9.82. The van der Waals surface area contributed by atoms with Crippen LogP contribution in [0.15, 0.2) is 48.5 Å². The standard InChI is InChI=1S/C23H33NO2/c1-6-18(3)26-22-10-8-9-20(17-22)24-15-16-25-21-13-11-19(12-14-21)23(4,5)7-2/h8-14,17-18,24H,6-7,15-16H2,1-5H3. The Morgan fingerprint density at radius 2 is 1.73 bits per heavy atom. The number of nitrogens with one attached hydrogen (secondary N) is 1. The van der Waals surface area contributed by atoms with Crippen molar-refractivity contribution in [2.24, 2.45) is 0 Å². The average molecular weight is 356 g/mol. The molecule has 0 bridgehead atoms. The van der Waals surface area contributed by atoms with E-state index >= 15 is 0 Å². The van der Waals surface area contributed by atoms with Gasteiger partial charge in [0.05, 0.1) is 6.10 Å². The van der Waals surface area contributed by atoms with Crippen LogP contribution in [-0.2, 0) is 5.41 Å². The van der Waals surface area contributed by atoms with E-state index in [9.17, 15) is 0 Å². The van der Waals surface area contributed by atoms with E-state index in [2.05, 4.69) is 64.2 Å². The fourth-order valence-corrected chi connectivity index (χ4v) is 2.57. The highest BCUT2D eigenvalue weighted by Gasteiger charge is 2.17. The van der Waals surface area contributed by atoms with Crippen molar-refractivity contribution in [2.45, 2.75) is 59.0 Å². The molecule has 0 amide bonds. The molecule has 0 aliphatic heterocycles. The Hall–Kier alpha value is -2.16. The minimum absolute atomic E-state index is 0.211. The third kappa shape index (κ3) is 5.98. The second kappa shape index (κ2) is 9.51. The molecule has 2 rings (SSSR count). The smallest absolute Gasteiger partial charge is 0.121 e. The van der Waals surface area contributed by atoms with E-state index in [1.165, 1.54) is 5.56 Å². The Labute approximate surface area is 158 Å². The third-order valence-electron chi connectivity index (χ3n) is 4.97. The van der Waals surface area contributed by atoms with Gasteiger partial charge in [-0.2, -0.15) is 0 Å². The molecule has 1 unspecified atom stereocenters. The normalized spacial score (nSPS) is 12.5. The molecule has 2 aromatic rings. The van der Waals surface area contributed by atoms with Gasteiger partial charge in [-0.15, -0.1) is 0 Å². The molecule has 0 spiro atoms. The minimum atomic E-state index is 0.211. The summed E-state index contributed by atoms with van der Waals surface area (Å²) in [6.07, 6.45) is 2.35. The van der Waals surface area contributed by atoms with Crippen LogP contribution < -0.4 is 14.8 Å². The summed E-state index contributed by atoms with van der Waals surface area (Å²) in [6.45, 7) is 12.3. The number of ether oxygens (including phenoxy) is 2. The number of benzene rings is 2.